The average molecular weight is 223 g/mol. The number of carboxylic acids is 1. The molecule has 4 nitrogen and oxygen atoms in total. The molecule has 0 radical (unpaired) electrons. The second-order valence-corrected chi connectivity index (χ2v) is 3.52. The Morgan fingerprint density at radius 1 is 1.40 bits per heavy atom. The normalized spacial score (nSPS) is 10.5. The second-order valence-electron chi connectivity index (χ2n) is 3.09. The van der Waals surface area contributed by atoms with Gasteiger partial charge in [0.05, 0.1) is 5.52 Å². The van der Waals surface area contributed by atoms with Crippen LogP contribution in [0.1, 0.15) is 16.3 Å². The molecule has 0 bridgehead atoms. The lowest BCUT2D eigenvalue weighted by atomic mass is 10.2. The topological polar surface area (TPSA) is 63.1 Å². The predicted octanol–water partition coefficient (Wildman–Crippen LogP) is 2.29. The zero-order valence-corrected chi connectivity index (χ0v) is 8.62. The minimum Gasteiger partial charge on any atom is -0.476 e. The molecule has 76 valence electrons. The summed E-state index contributed by atoms with van der Waals surface area (Å²) in [5, 5.41) is 9.89. The molecular formula is C10H7ClN2O2. The fourth-order valence-electron chi connectivity index (χ4n) is 1.38. The fraction of sp³-hybridized carbons (Fsp3) is 0.100. The van der Waals surface area contributed by atoms with Crippen molar-refractivity contribution in [2.75, 3.05) is 0 Å². The van der Waals surface area contributed by atoms with Gasteiger partial charge in [0.1, 0.15) is 5.82 Å². The quantitative estimate of drug-likeness (QED) is 0.804. The summed E-state index contributed by atoms with van der Waals surface area (Å²) in [6, 6.07) is 4.90. The molecule has 0 saturated carbocycles. The van der Waals surface area contributed by atoms with Crippen LogP contribution in [0.4, 0.5) is 0 Å². The lowest BCUT2D eigenvalue weighted by Crippen LogP contribution is -2.04. The van der Waals surface area contributed by atoms with Crippen molar-refractivity contribution in [3.63, 3.8) is 0 Å². The largest absolute Gasteiger partial charge is 0.476 e. The molecule has 5 heteroatoms. The van der Waals surface area contributed by atoms with E-state index in [1.807, 2.05) is 0 Å². The summed E-state index contributed by atoms with van der Waals surface area (Å²) >= 11 is 5.79. The number of benzene rings is 1. The van der Waals surface area contributed by atoms with Crippen LogP contribution in [-0.4, -0.2) is 21.0 Å². The molecule has 2 rings (SSSR count). The van der Waals surface area contributed by atoms with Crippen LogP contribution in [0.25, 0.3) is 10.9 Å². The summed E-state index contributed by atoms with van der Waals surface area (Å²) in [7, 11) is 0. The predicted molar refractivity (Wildman–Crippen MR) is 56.2 cm³/mol. The number of aromatic carboxylic acids is 1. The fourth-order valence-corrected chi connectivity index (χ4v) is 1.55. The SMILES string of the molecule is Cc1nc(C(=O)O)c2cc(Cl)ccc2n1. The van der Waals surface area contributed by atoms with Crippen LogP contribution in [0, 0.1) is 6.92 Å². The van der Waals surface area contributed by atoms with E-state index >= 15 is 0 Å². The molecule has 0 fully saturated rings. The number of fused-ring (bicyclic) bond motifs is 1. The number of hydrogen-bond donors (Lipinski definition) is 1. The Balaban J connectivity index is 2.87. The third-order valence-electron chi connectivity index (χ3n) is 1.97. The Morgan fingerprint density at radius 3 is 2.80 bits per heavy atom. The average Bonchev–Trinajstić information content (AvgIpc) is 2.17. The first kappa shape index (κ1) is 9.86. The number of aryl methyl sites for hydroxylation is 1. The lowest BCUT2D eigenvalue weighted by molar-refractivity contribution is 0.0692. The number of hydrogen-bond acceptors (Lipinski definition) is 3. The van der Waals surface area contributed by atoms with Gasteiger partial charge >= 0.3 is 5.97 Å². The van der Waals surface area contributed by atoms with E-state index in [1.165, 1.54) is 0 Å². The van der Waals surface area contributed by atoms with Crippen molar-refractivity contribution in [1.82, 2.24) is 9.97 Å². The number of aromatic nitrogens is 2. The molecule has 0 amide bonds. The van der Waals surface area contributed by atoms with Gasteiger partial charge < -0.3 is 5.11 Å². The van der Waals surface area contributed by atoms with Crippen molar-refractivity contribution in [2.24, 2.45) is 0 Å². The molecule has 15 heavy (non-hydrogen) atoms. The van der Waals surface area contributed by atoms with E-state index in [0.717, 1.165) is 0 Å². The maximum absolute atomic E-state index is 10.9. The zero-order valence-electron chi connectivity index (χ0n) is 7.86. The van der Waals surface area contributed by atoms with Gasteiger partial charge in [0.15, 0.2) is 5.69 Å². The third kappa shape index (κ3) is 1.76. The zero-order chi connectivity index (χ0) is 11.0. The first-order valence-corrected chi connectivity index (χ1v) is 4.63. The molecule has 1 aromatic heterocycles. The van der Waals surface area contributed by atoms with Crippen molar-refractivity contribution < 1.29 is 9.90 Å². The van der Waals surface area contributed by atoms with Crippen LogP contribution in [0.5, 0.6) is 0 Å². The Morgan fingerprint density at radius 2 is 2.13 bits per heavy atom. The van der Waals surface area contributed by atoms with Gasteiger partial charge in [-0.1, -0.05) is 11.6 Å². The molecule has 0 atom stereocenters. The van der Waals surface area contributed by atoms with Gasteiger partial charge in [-0.3, -0.25) is 0 Å². The van der Waals surface area contributed by atoms with Gasteiger partial charge in [0.2, 0.25) is 0 Å². The molecule has 0 aliphatic heterocycles. The first-order chi connectivity index (χ1) is 7.08. The van der Waals surface area contributed by atoms with Crippen LogP contribution in [0.2, 0.25) is 5.02 Å². The van der Waals surface area contributed by atoms with Crippen LogP contribution in [0.15, 0.2) is 18.2 Å². The molecule has 1 aromatic carbocycles. The Bertz CT molecular complexity index is 554. The van der Waals surface area contributed by atoms with Gasteiger partial charge in [-0.05, 0) is 25.1 Å². The number of nitrogens with zero attached hydrogens (tertiary/aromatic N) is 2. The highest BCUT2D eigenvalue weighted by Gasteiger charge is 2.12. The number of halogens is 1. The van der Waals surface area contributed by atoms with Crippen LogP contribution >= 0.6 is 11.6 Å². The second kappa shape index (κ2) is 3.47. The van der Waals surface area contributed by atoms with Crippen molar-refractivity contribution in [2.45, 2.75) is 6.92 Å². The van der Waals surface area contributed by atoms with Gasteiger partial charge in [-0.15, -0.1) is 0 Å². The van der Waals surface area contributed by atoms with E-state index in [9.17, 15) is 4.79 Å². The van der Waals surface area contributed by atoms with Gasteiger partial charge in [-0.2, -0.15) is 0 Å². The molecule has 2 aromatic rings. The first-order valence-electron chi connectivity index (χ1n) is 4.25. The molecule has 1 heterocycles. The Labute approximate surface area is 90.5 Å². The van der Waals surface area contributed by atoms with E-state index in [4.69, 9.17) is 16.7 Å². The number of carbonyl (C=O) groups is 1. The summed E-state index contributed by atoms with van der Waals surface area (Å²) in [5.74, 6) is -0.644. The maximum atomic E-state index is 10.9. The summed E-state index contributed by atoms with van der Waals surface area (Å²) in [4.78, 5) is 18.9. The maximum Gasteiger partial charge on any atom is 0.355 e. The van der Waals surface area contributed by atoms with Crippen molar-refractivity contribution >= 4 is 28.5 Å². The molecule has 0 saturated heterocycles. The third-order valence-corrected chi connectivity index (χ3v) is 2.21. The van der Waals surface area contributed by atoms with E-state index < -0.39 is 5.97 Å². The molecule has 0 aliphatic rings. The van der Waals surface area contributed by atoms with E-state index in [0.29, 0.717) is 21.7 Å². The lowest BCUT2D eigenvalue weighted by Gasteiger charge is -2.03. The van der Waals surface area contributed by atoms with Gasteiger partial charge in [-0.25, -0.2) is 14.8 Å². The smallest absolute Gasteiger partial charge is 0.355 e. The van der Waals surface area contributed by atoms with Crippen molar-refractivity contribution in [1.29, 1.82) is 0 Å². The number of carboxylic acid groups (broad SMARTS) is 1. The number of rotatable bonds is 1. The highest BCUT2D eigenvalue weighted by Crippen LogP contribution is 2.20. The summed E-state index contributed by atoms with van der Waals surface area (Å²) in [5.41, 5.74) is 0.573. The molecular weight excluding hydrogens is 216 g/mol. The van der Waals surface area contributed by atoms with Crippen LogP contribution < -0.4 is 0 Å². The van der Waals surface area contributed by atoms with Crippen LogP contribution in [0.3, 0.4) is 0 Å². The monoisotopic (exact) mass is 222 g/mol. The summed E-state index contributed by atoms with van der Waals surface area (Å²) in [6.07, 6.45) is 0. The molecule has 0 spiro atoms. The minimum absolute atomic E-state index is 0.0139. The highest BCUT2D eigenvalue weighted by atomic mass is 35.5. The minimum atomic E-state index is -1.08. The Hall–Kier alpha value is -1.68. The van der Waals surface area contributed by atoms with E-state index in [2.05, 4.69) is 9.97 Å². The summed E-state index contributed by atoms with van der Waals surface area (Å²) < 4.78 is 0. The highest BCUT2D eigenvalue weighted by molar-refractivity contribution is 6.31. The van der Waals surface area contributed by atoms with E-state index in [1.54, 1.807) is 25.1 Å². The summed E-state index contributed by atoms with van der Waals surface area (Å²) in [6.45, 7) is 1.65. The van der Waals surface area contributed by atoms with E-state index in [-0.39, 0.29) is 5.69 Å². The Kier molecular flexibility index (Phi) is 2.28. The van der Waals surface area contributed by atoms with Gasteiger partial charge in [0, 0.05) is 10.4 Å². The van der Waals surface area contributed by atoms with Crippen molar-refractivity contribution in [3.8, 4) is 0 Å². The van der Waals surface area contributed by atoms with Crippen molar-refractivity contribution in [3.05, 3.63) is 34.7 Å². The standard InChI is InChI=1S/C10H7ClN2O2/c1-5-12-8-3-2-6(11)4-7(8)9(13-5)10(14)15/h2-4H,1H3,(H,14,15). The van der Waals surface area contributed by atoms with Gasteiger partial charge in [0.25, 0.3) is 0 Å². The molecule has 0 unspecified atom stereocenters. The molecule has 1 N–H and O–H groups in total. The molecule has 0 aliphatic carbocycles. The van der Waals surface area contributed by atoms with Crippen LogP contribution in [-0.2, 0) is 0 Å².